The first kappa shape index (κ1) is 20.0. The van der Waals surface area contributed by atoms with E-state index in [4.69, 9.17) is 26.1 Å². The molecule has 4 aromatic rings. The normalized spacial score (nSPS) is 12.4. The Hall–Kier alpha value is -3.91. The maximum absolute atomic E-state index is 12.5. The summed E-state index contributed by atoms with van der Waals surface area (Å²) in [5, 5.41) is 5.87. The predicted octanol–water partition coefficient (Wildman–Crippen LogP) is 4.70. The number of carbonyl (C=O) groups is 1. The van der Waals surface area contributed by atoms with E-state index in [9.17, 15) is 4.79 Å². The van der Waals surface area contributed by atoms with Crippen molar-refractivity contribution < 1.29 is 18.7 Å². The monoisotopic (exact) mass is 445 g/mol. The molecule has 2 N–H and O–H groups in total. The minimum Gasteiger partial charge on any atom is -0.486 e. The molecule has 3 aromatic carbocycles. The van der Waals surface area contributed by atoms with Crippen LogP contribution in [-0.2, 0) is 0 Å². The van der Waals surface area contributed by atoms with Crippen molar-refractivity contribution in [3.8, 4) is 23.0 Å². The van der Waals surface area contributed by atoms with Crippen LogP contribution in [0.25, 0.3) is 22.6 Å². The number of oxazole rings is 1. The largest absolute Gasteiger partial charge is 0.486 e. The Labute approximate surface area is 189 Å². The number of rotatable bonds is 3. The van der Waals surface area contributed by atoms with E-state index in [0.29, 0.717) is 36.2 Å². The molecule has 7 nitrogen and oxygen atoms in total. The summed E-state index contributed by atoms with van der Waals surface area (Å²) in [6.07, 6.45) is 0. The van der Waals surface area contributed by atoms with E-state index in [1.165, 1.54) is 0 Å². The standard InChI is InChI=1S/C24H19N3O4S/c1-14-2-8-19-18(12-14)26-23(31-19)15-3-6-17(7-4-15)25-24(32)27-22(28)16-5-9-20-21(13-16)30-11-10-29-20/h2-9,12-13H,10-11H2,1H3,(H2,25,27,28,32). The minimum absolute atomic E-state index is 0.190. The molecule has 0 atom stereocenters. The Morgan fingerprint density at radius 1 is 0.969 bits per heavy atom. The van der Waals surface area contributed by atoms with E-state index in [1.54, 1.807) is 18.2 Å². The highest BCUT2D eigenvalue weighted by Crippen LogP contribution is 2.30. The van der Waals surface area contributed by atoms with Crippen LogP contribution >= 0.6 is 12.2 Å². The van der Waals surface area contributed by atoms with Crippen molar-refractivity contribution in [2.24, 2.45) is 0 Å². The molecule has 8 heteroatoms. The third kappa shape index (κ3) is 4.13. The Morgan fingerprint density at radius 3 is 2.56 bits per heavy atom. The van der Waals surface area contributed by atoms with Gasteiger partial charge in [0.1, 0.15) is 18.7 Å². The molecule has 1 aliphatic rings. The van der Waals surface area contributed by atoms with E-state index in [-0.39, 0.29) is 11.0 Å². The van der Waals surface area contributed by atoms with Crippen molar-refractivity contribution in [3.63, 3.8) is 0 Å². The third-order valence-corrected chi connectivity index (χ3v) is 5.17. The molecular weight excluding hydrogens is 426 g/mol. The molecule has 0 bridgehead atoms. The van der Waals surface area contributed by atoms with Gasteiger partial charge in [-0.1, -0.05) is 6.07 Å². The predicted molar refractivity (Wildman–Crippen MR) is 125 cm³/mol. The van der Waals surface area contributed by atoms with Gasteiger partial charge >= 0.3 is 0 Å². The second-order valence-electron chi connectivity index (χ2n) is 7.33. The van der Waals surface area contributed by atoms with Crippen LogP contribution in [0, 0.1) is 6.92 Å². The molecule has 0 aliphatic carbocycles. The molecule has 1 aliphatic heterocycles. The highest BCUT2D eigenvalue weighted by Gasteiger charge is 2.16. The lowest BCUT2D eigenvalue weighted by atomic mass is 10.2. The smallest absolute Gasteiger partial charge is 0.257 e. The van der Waals surface area contributed by atoms with Crippen LogP contribution in [0.1, 0.15) is 15.9 Å². The summed E-state index contributed by atoms with van der Waals surface area (Å²) in [7, 11) is 0. The Morgan fingerprint density at radius 2 is 1.75 bits per heavy atom. The summed E-state index contributed by atoms with van der Waals surface area (Å²) in [6, 6.07) is 18.4. The molecule has 2 heterocycles. The lowest BCUT2D eigenvalue weighted by molar-refractivity contribution is 0.0976. The number of anilines is 1. The molecule has 32 heavy (non-hydrogen) atoms. The molecule has 0 saturated heterocycles. The number of benzene rings is 3. The molecule has 1 aromatic heterocycles. The van der Waals surface area contributed by atoms with Crippen molar-refractivity contribution >= 4 is 40.0 Å². The topological polar surface area (TPSA) is 85.6 Å². The average Bonchev–Trinajstić information content (AvgIpc) is 3.22. The van der Waals surface area contributed by atoms with E-state index >= 15 is 0 Å². The van der Waals surface area contributed by atoms with E-state index in [1.807, 2.05) is 49.4 Å². The van der Waals surface area contributed by atoms with Crippen LogP contribution in [-0.4, -0.2) is 29.2 Å². The van der Waals surface area contributed by atoms with Gasteiger partial charge < -0.3 is 19.2 Å². The quantitative estimate of drug-likeness (QED) is 0.442. The van der Waals surface area contributed by atoms with E-state index in [2.05, 4.69) is 15.6 Å². The van der Waals surface area contributed by atoms with Crippen molar-refractivity contribution in [1.82, 2.24) is 10.3 Å². The lowest BCUT2D eigenvalue weighted by Crippen LogP contribution is -2.34. The summed E-state index contributed by atoms with van der Waals surface area (Å²) in [5.74, 6) is 1.39. The SMILES string of the molecule is Cc1ccc2oc(-c3ccc(NC(=S)NC(=O)c4ccc5c(c4)OCCO5)cc3)nc2c1. The van der Waals surface area contributed by atoms with Gasteiger partial charge in [0.15, 0.2) is 22.2 Å². The van der Waals surface area contributed by atoms with Gasteiger partial charge in [0.05, 0.1) is 0 Å². The molecular formula is C24H19N3O4S. The first-order valence-electron chi connectivity index (χ1n) is 10.0. The van der Waals surface area contributed by atoms with Crippen LogP contribution in [0.4, 0.5) is 5.69 Å². The second kappa shape index (κ2) is 8.32. The maximum atomic E-state index is 12.5. The van der Waals surface area contributed by atoms with Gasteiger partial charge in [0, 0.05) is 16.8 Å². The minimum atomic E-state index is -0.335. The molecule has 5 rings (SSSR count). The fourth-order valence-electron chi connectivity index (χ4n) is 3.38. The number of nitrogens with one attached hydrogen (secondary N) is 2. The van der Waals surface area contributed by atoms with Crippen LogP contribution in [0.2, 0.25) is 0 Å². The Balaban J connectivity index is 1.24. The van der Waals surface area contributed by atoms with Crippen molar-refractivity contribution in [2.75, 3.05) is 18.5 Å². The lowest BCUT2D eigenvalue weighted by Gasteiger charge is -2.18. The summed E-state index contributed by atoms with van der Waals surface area (Å²) >= 11 is 5.29. The number of fused-ring (bicyclic) bond motifs is 2. The Kier molecular flexibility index (Phi) is 5.20. The molecule has 0 unspecified atom stereocenters. The van der Waals surface area contributed by atoms with Crippen LogP contribution in [0.3, 0.4) is 0 Å². The number of amides is 1. The zero-order chi connectivity index (χ0) is 22.1. The number of nitrogens with zero attached hydrogens (tertiary/aromatic N) is 1. The summed E-state index contributed by atoms with van der Waals surface area (Å²) < 4.78 is 16.8. The fraction of sp³-hybridized carbons (Fsp3) is 0.125. The average molecular weight is 446 g/mol. The van der Waals surface area contributed by atoms with Gasteiger partial charge in [0.25, 0.3) is 5.91 Å². The zero-order valence-corrected chi connectivity index (χ0v) is 18.0. The highest BCUT2D eigenvalue weighted by molar-refractivity contribution is 7.80. The van der Waals surface area contributed by atoms with Gasteiger partial charge in [-0.3, -0.25) is 10.1 Å². The number of hydrogen-bond donors (Lipinski definition) is 2. The fourth-order valence-corrected chi connectivity index (χ4v) is 3.59. The summed E-state index contributed by atoms with van der Waals surface area (Å²) in [4.78, 5) is 17.1. The number of aryl methyl sites for hydroxylation is 1. The zero-order valence-electron chi connectivity index (χ0n) is 17.2. The molecule has 0 spiro atoms. The van der Waals surface area contributed by atoms with Crippen LogP contribution < -0.4 is 20.1 Å². The van der Waals surface area contributed by atoms with Gasteiger partial charge in [-0.2, -0.15) is 0 Å². The number of ether oxygens (including phenoxy) is 2. The first-order chi connectivity index (χ1) is 15.5. The Bertz CT molecular complexity index is 1330. The van der Waals surface area contributed by atoms with Gasteiger partial charge in [-0.05, 0) is 79.3 Å². The molecule has 0 fully saturated rings. The molecule has 0 radical (unpaired) electrons. The maximum Gasteiger partial charge on any atom is 0.257 e. The van der Waals surface area contributed by atoms with Gasteiger partial charge in [-0.15, -0.1) is 0 Å². The van der Waals surface area contributed by atoms with Gasteiger partial charge in [0.2, 0.25) is 5.89 Å². The summed E-state index contributed by atoms with van der Waals surface area (Å²) in [6.45, 7) is 2.97. The summed E-state index contributed by atoms with van der Waals surface area (Å²) in [5.41, 5.74) is 4.70. The van der Waals surface area contributed by atoms with E-state index < -0.39 is 0 Å². The van der Waals surface area contributed by atoms with E-state index in [0.717, 1.165) is 27.9 Å². The molecule has 160 valence electrons. The second-order valence-corrected chi connectivity index (χ2v) is 7.74. The number of hydrogen-bond acceptors (Lipinski definition) is 6. The molecule has 0 saturated carbocycles. The van der Waals surface area contributed by atoms with Crippen molar-refractivity contribution in [3.05, 3.63) is 71.8 Å². The molecule has 1 amide bonds. The van der Waals surface area contributed by atoms with Crippen LogP contribution in [0.15, 0.2) is 65.1 Å². The van der Waals surface area contributed by atoms with Gasteiger partial charge in [-0.25, -0.2) is 4.98 Å². The first-order valence-corrected chi connectivity index (χ1v) is 10.5. The number of carbonyl (C=O) groups excluding carboxylic acids is 1. The van der Waals surface area contributed by atoms with Crippen molar-refractivity contribution in [2.45, 2.75) is 6.92 Å². The van der Waals surface area contributed by atoms with Crippen molar-refractivity contribution in [1.29, 1.82) is 0 Å². The van der Waals surface area contributed by atoms with Crippen LogP contribution in [0.5, 0.6) is 11.5 Å². The highest BCUT2D eigenvalue weighted by atomic mass is 32.1. The third-order valence-electron chi connectivity index (χ3n) is 4.96. The number of thiocarbonyl (C=S) groups is 1. The number of aromatic nitrogens is 1.